The Kier molecular flexibility index (Phi) is 12.1. The predicted octanol–water partition coefficient (Wildman–Crippen LogP) is 4.74. The molecule has 0 aliphatic carbocycles. The summed E-state index contributed by atoms with van der Waals surface area (Å²) in [6.07, 6.45) is 1.37. The smallest absolute Gasteiger partial charge is 0.265 e. The van der Waals surface area contributed by atoms with Crippen LogP contribution in [0, 0.1) is 0 Å². The standard InChI is InChI=1S/C33H33ClN4O9S/c1-43-25-12-8-24(9-13-25)36-33(40)21-47-26-10-5-22(6-11-26)19-35-37-32(39)20-38(28-17-23(34)7-15-29(28)44-2)48(41,42)27-14-16-30(45-3)31(18-27)46-4/h5-19H,20-21H2,1-4H3,(H,36,40)(H,37,39)/b35-19-. The van der Waals surface area contributed by atoms with Crippen molar-refractivity contribution in [3.63, 3.8) is 0 Å². The molecule has 252 valence electrons. The Morgan fingerprint density at radius 3 is 2.06 bits per heavy atom. The number of halogens is 1. The van der Waals surface area contributed by atoms with Gasteiger partial charge in [0.25, 0.3) is 21.8 Å². The van der Waals surface area contributed by atoms with Gasteiger partial charge in [-0.25, -0.2) is 13.8 Å². The Hall–Kier alpha value is -5.47. The summed E-state index contributed by atoms with van der Waals surface area (Å²) < 4.78 is 55.2. The minimum absolute atomic E-state index is 0.0344. The fourth-order valence-corrected chi connectivity index (χ4v) is 5.88. The first-order valence-electron chi connectivity index (χ1n) is 14.1. The Bertz CT molecular complexity index is 1870. The summed E-state index contributed by atoms with van der Waals surface area (Å²) in [5, 5.41) is 6.91. The molecule has 15 heteroatoms. The van der Waals surface area contributed by atoms with E-state index in [2.05, 4.69) is 15.8 Å². The van der Waals surface area contributed by atoms with Gasteiger partial charge in [-0.15, -0.1) is 0 Å². The third-order valence-corrected chi connectivity index (χ3v) is 8.66. The molecule has 0 spiro atoms. The van der Waals surface area contributed by atoms with Gasteiger partial charge in [0.15, 0.2) is 18.1 Å². The van der Waals surface area contributed by atoms with Crippen molar-refractivity contribution in [1.29, 1.82) is 0 Å². The van der Waals surface area contributed by atoms with E-state index in [1.165, 1.54) is 63.9 Å². The van der Waals surface area contributed by atoms with E-state index in [0.29, 0.717) is 28.5 Å². The lowest BCUT2D eigenvalue weighted by Crippen LogP contribution is -2.39. The number of hydrogen-bond donors (Lipinski definition) is 2. The van der Waals surface area contributed by atoms with Crippen LogP contribution in [0.3, 0.4) is 0 Å². The molecule has 2 amide bonds. The number of benzene rings is 4. The summed E-state index contributed by atoms with van der Waals surface area (Å²) in [6, 6.07) is 21.9. The molecule has 0 radical (unpaired) electrons. The van der Waals surface area contributed by atoms with Crippen molar-refractivity contribution in [2.75, 3.05) is 51.2 Å². The molecule has 0 aliphatic rings. The first kappa shape index (κ1) is 35.4. The molecule has 13 nitrogen and oxygen atoms in total. The molecule has 0 saturated carbocycles. The minimum Gasteiger partial charge on any atom is -0.497 e. The molecule has 0 saturated heterocycles. The van der Waals surface area contributed by atoms with Gasteiger partial charge < -0.3 is 29.0 Å². The number of anilines is 2. The van der Waals surface area contributed by atoms with Crippen molar-refractivity contribution in [3.05, 3.63) is 95.5 Å². The lowest BCUT2D eigenvalue weighted by molar-refractivity contribution is -0.119. The van der Waals surface area contributed by atoms with Crippen LogP contribution in [0.2, 0.25) is 5.02 Å². The number of methoxy groups -OCH3 is 4. The molecule has 4 rings (SSSR count). The predicted molar refractivity (Wildman–Crippen MR) is 181 cm³/mol. The summed E-state index contributed by atoms with van der Waals surface area (Å²) in [5.74, 6) is 0.690. The normalized spacial score (nSPS) is 11.0. The lowest BCUT2D eigenvalue weighted by atomic mass is 10.2. The Morgan fingerprint density at radius 2 is 1.42 bits per heavy atom. The molecule has 4 aromatic rings. The summed E-state index contributed by atoms with van der Waals surface area (Å²) in [7, 11) is 1.36. The van der Waals surface area contributed by atoms with Gasteiger partial charge in [-0.2, -0.15) is 5.10 Å². The van der Waals surface area contributed by atoms with Gasteiger partial charge in [-0.3, -0.25) is 13.9 Å². The topological polar surface area (TPSA) is 154 Å². The molecule has 2 N–H and O–H groups in total. The van der Waals surface area contributed by atoms with Crippen LogP contribution in [-0.2, 0) is 19.6 Å². The summed E-state index contributed by atoms with van der Waals surface area (Å²) in [4.78, 5) is 25.1. The molecule has 0 fully saturated rings. The maximum Gasteiger partial charge on any atom is 0.265 e. The molecule has 0 atom stereocenters. The van der Waals surface area contributed by atoms with Crippen molar-refractivity contribution in [1.82, 2.24) is 5.43 Å². The van der Waals surface area contributed by atoms with Crippen LogP contribution in [0.4, 0.5) is 11.4 Å². The second-order valence-corrected chi connectivity index (χ2v) is 12.1. The summed E-state index contributed by atoms with van der Waals surface area (Å²) in [5.41, 5.74) is 3.58. The van der Waals surface area contributed by atoms with Crippen LogP contribution in [0.5, 0.6) is 28.7 Å². The number of rotatable bonds is 15. The number of nitrogens with one attached hydrogen (secondary N) is 2. The largest absolute Gasteiger partial charge is 0.497 e. The third kappa shape index (κ3) is 9.08. The molecule has 0 bridgehead atoms. The highest BCUT2D eigenvalue weighted by Crippen LogP contribution is 2.37. The van der Waals surface area contributed by atoms with E-state index in [0.717, 1.165) is 4.31 Å². The van der Waals surface area contributed by atoms with Crippen LogP contribution in [-0.4, -0.2) is 68.0 Å². The van der Waals surface area contributed by atoms with Gasteiger partial charge in [-0.1, -0.05) is 11.6 Å². The highest BCUT2D eigenvalue weighted by molar-refractivity contribution is 7.92. The Balaban J connectivity index is 1.42. The van der Waals surface area contributed by atoms with E-state index in [1.807, 2.05) is 0 Å². The van der Waals surface area contributed by atoms with Gasteiger partial charge in [-0.05, 0) is 84.4 Å². The molecule has 0 aromatic heterocycles. The van der Waals surface area contributed by atoms with E-state index < -0.39 is 22.5 Å². The van der Waals surface area contributed by atoms with Gasteiger partial charge in [0.05, 0.1) is 45.2 Å². The zero-order valence-electron chi connectivity index (χ0n) is 26.4. The second kappa shape index (κ2) is 16.4. The highest BCUT2D eigenvalue weighted by Gasteiger charge is 2.30. The lowest BCUT2D eigenvalue weighted by Gasteiger charge is -2.25. The molecule has 48 heavy (non-hydrogen) atoms. The molecule has 0 unspecified atom stereocenters. The van der Waals surface area contributed by atoms with Crippen molar-refractivity contribution in [2.45, 2.75) is 4.90 Å². The molecule has 0 heterocycles. The first-order valence-corrected chi connectivity index (χ1v) is 16.0. The minimum atomic E-state index is -4.37. The summed E-state index contributed by atoms with van der Waals surface area (Å²) >= 11 is 6.21. The highest BCUT2D eigenvalue weighted by atomic mass is 35.5. The number of sulfonamides is 1. The fraction of sp³-hybridized carbons (Fsp3) is 0.182. The van der Waals surface area contributed by atoms with E-state index >= 15 is 0 Å². The van der Waals surface area contributed by atoms with Crippen LogP contribution in [0.15, 0.2) is 94.9 Å². The zero-order chi connectivity index (χ0) is 34.7. The Morgan fingerprint density at radius 1 is 0.771 bits per heavy atom. The Labute approximate surface area is 283 Å². The van der Waals surface area contributed by atoms with Crippen molar-refractivity contribution in [2.24, 2.45) is 5.10 Å². The number of carbonyl (C=O) groups excluding carboxylic acids is 2. The zero-order valence-corrected chi connectivity index (χ0v) is 28.0. The van der Waals surface area contributed by atoms with E-state index in [1.54, 1.807) is 55.6 Å². The number of hydrogen-bond acceptors (Lipinski definition) is 10. The number of carbonyl (C=O) groups is 2. The molecular formula is C33H33ClN4O9S. The first-order chi connectivity index (χ1) is 23.1. The number of amides is 2. The molecular weight excluding hydrogens is 664 g/mol. The van der Waals surface area contributed by atoms with Crippen LogP contribution in [0.1, 0.15) is 5.56 Å². The number of ether oxygens (including phenoxy) is 5. The van der Waals surface area contributed by atoms with Crippen molar-refractivity contribution >= 4 is 51.0 Å². The average Bonchev–Trinajstić information content (AvgIpc) is 3.10. The van der Waals surface area contributed by atoms with Crippen LogP contribution >= 0.6 is 11.6 Å². The van der Waals surface area contributed by atoms with Crippen molar-refractivity contribution in [3.8, 4) is 28.7 Å². The van der Waals surface area contributed by atoms with Crippen LogP contribution in [0.25, 0.3) is 0 Å². The van der Waals surface area contributed by atoms with Crippen molar-refractivity contribution < 1.29 is 41.7 Å². The second-order valence-electron chi connectivity index (χ2n) is 9.77. The van der Waals surface area contributed by atoms with Gasteiger partial charge in [0.2, 0.25) is 0 Å². The maximum absolute atomic E-state index is 13.9. The van der Waals surface area contributed by atoms with Gasteiger partial charge >= 0.3 is 0 Å². The molecule has 4 aromatic carbocycles. The van der Waals surface area contributed by atoms with Gasteiger partial charge in [0, 0.05) is 16.8 Å². The number of nitrogens with zero attached hydrogens (tertiary/aromatic N) is 2. The van der Waals surface area contributed by atoms with Gasteiger partial charge in [0.1, 0.15) is 23.8 Å². The monoisotopic (exact) mass is 696 g/mol. The maximum atomic E-state index is 13.9. The van der Waals surface area contributed by atoms with E-state index in [9.17, 15) is 18.0 Å². The number of hydrazone groups is 1. The summed E-state index contributed by atoms with van der Waals surface area (Å²) in [6.45, 7) is -0.883. The van der Waals surface area contributed by atoms with E-state index in [4.69, 9.17) is 35.3 Å². The van der Waals surface area contributed by atoms with E-state index in [-0.39, 0.29) is 39.6 Å². The molecule has 0 aliphatic heterocycles. The third-order valence-electron chi connectivity index (χ3n) is 6.67. The quantitative estimate of drug-likeness (QED) is 0.133. The SMILES string of the molecule is COc1ccc(NC(=O)COc2ccc(/C=N\NC(=O)CN(c3cc(Cl)ccc3OC)S(=O)(=O)c3ccc(OC)c(OC)c3)cc2)cc1. The fourth-order valence-electron chi connectivity index (χ4n) is 4.28. The average molecular weight is 697 g/mol. The van der Waals surface area contributed by atoms with Crippen LogP contribution < -0.4 is 38.7 Å².